The molecule has 248 valence electrons. The number of Topliss-reactive ketones (excluding diaryl/α,β-unsaturated/α-hetero) is 3. The van der Waals surface area contributed by atoms with E-state index in [9.17, 15) is 39.6 Å². The summed E-state index contributed by atoms with van der Waals surface area (Å²) in [6.45, 7) is 0.121. The van der Waals surface area contributed by atoms with Gasteiger partial charge < -0.3 is 40.5 Å². The monoisotopic (exact) mass is 647 g/mol. The van der Waals surface area contributed by atoms with Crippen molar-refractivity contribution in [3.63, 3.8) is 0 Å². The van der Waals surface area contributed by atoms with Gasteiger partial charge in [-0.1, -0.05) is 6.07 Å². The second-order valence-electron chi connectivity index (χ2n) is 13.0. The molecule has 1 aliphatic heterocycles. The van der Waals surface area contributed by atoms with Crippen LogP contribution in [0.25, 0.3) is 5.76 Å². The molecular weight excluding hydrogens is 610 g/mol. The Kier molecular flexibility index (Phi) is 7.80. The van der Waals surface area contributed by atoms with Crippen LogP contribution >= 0.6 is 0 Å². The number of anilines is 1. The van der Waals surface area contributed by atoms with Crippen LogP contribution < -0.4 is 20.1 Å². The number of hydrogen-bond donors (Lipinski definition) is 5. The van der Waals surface area contributed by atoms with Crippen molar-refractivity contribution in [1.82, 2.24) is 4.90 Å². The Morgan fingerprint density at radius 1 is 1.04 bits per heavy atom. The molecule has 47 heavy (non-hydrogen) atoms. The van der Waals surface area contributed by atoms with Crippen LogP contribution in [0, 0.1) is 11.8 Å². The first-order valence-electron chi connectivity index (χ1n) is 15.3. The smallest absolute Gasteiger partial charge is 0.255 e. The molecule has 0 bridgehead atoms. The Bertz CT molecular complexity index is 1810. The van der Waals surface area contributed by atoms with Gasteiger partial charge in [0.15, 0.2) is 22.9 Å². The molecule has 13 nitrogen and oxygen atoms in total. The molecule has 0 radical (unpaired) electrons. The number of carbonyl (C=O) groups is 4. The molecule has 0 spiro atoms. The topological polar surface area (TPSA) is 200 Å². The number of fused-ring (bicyclic) bond motifs is 4. The van der Waals surface area contributed by atoms with Gasteiger partial charge in [0.2, 0.25) is 12.6 Å². The van der Waals surface area contributed by atoms with Crippen molar-refractivity contribution in [3.05, 3.63) is 63.4 Å². The number of primary amides is 1. The average Bonchev–Trinajstić information content (AvgIpc) is 3.46. The van der Waals surface area contributed by atoms with Gasteiger partial charge >= 0.3 is 0 Å². The number of phenolic OH excluding ortho intramolecular Hbond substituents is 1. The van der Waals surface area contributed by atoms with E-state index in [1.165, 1.54) is 4.90 Å². The van der Waals surface area contributed by atoms with Crippen LogP contribution in [0.15, 0.2) is 41.2 Å². The number of likely N-dealkylation sites (N-methyl/N-ethyl adjacent to an activating group) is 1. The van der Waals surface area contributed by atoms with Crippen LogP contribution in [0.5, 0.6) is 17.2 Å². The molecule has 13 heteroatoms. The molecule has 1 heterocycles. The average molecular weight is 648 g/mol. The second kappa shape index (κ2) is 11.4. The van der Waals surface area contributed by atoms with Crippen molar-refractivity contribution in [2.24, 2.45) is 17.6 Å². The largest absolute Gasteiger partial charge is 0.508 e. The molecule has 6 rings (SSSR count). The Balaban J connectivity index is 1.37. The summed E-state index contributed by atoms with van der Waals surface area (Å²) in [6, 6.07) is 5.88. The molecule has 3 aliphatic carbocycles. The number of ether oxygens (including phenoxy) is 2. The van der Waals surface area contributed by atoms with Crippen LogP contribution in [0.2, 0.25) is 0 Å². The Hall–Kier alpha value is -4.88. The molecule has 0 aromatic heterocycles. The third-order valence-electron chi connectivity index (χ3n) is 9.77. The Morgan fingerprint density at radius 3 is 2.40 bits per heavy atom. The van der Waals surface area contributed by atoms with Crippen LogP contribution in [-0.4, -0.2) is 95.2 Å². The van der Waals surface area contributed by atoms with E-state index in [0.717, 1.165) is 5.56 Å². The third kappa shape index (κ3) is 4.92. The van der Waals surface area contributed by atoms with Gasteiger partial charge in [-0.2, -0.15) is 0 Å². The molecule has 0 unspecified atom stereocenters. The Labute approximate surface area is 270 Å². The number of aryl methyl sites for hydroxylation is 1. The number of aromatic hydroxyl groups is 1. The van der Waals surface area contributed by atoms with Crippen molar-refractivity contribution in [2.45, 2.75) is 43.7 Å². The van der Waals surface area contributed by atoms with Crippen LogP contribution in [0.1, 0.15) is 35.1 Å². The van der Waals surface area contributed by atoms with E-state index >= 15 is 0 Å². The minimum atomic E-state index is -2.72. The van der Waals surface area contributed by atoms with E-state index in [-0.39, 0.29) is 61.6 Å². The molecule has 2 aromatic carbocycles. The predicted octanol–water partition coefficient (Wildman–Crippen LogP) is 1.50. The summed E-state index contributed by atoms with van der Waals surface area (Å²) in [5.41, 5.74) is 3.90. The third-order valence-corrected chi connectivity index (χ3v) is 9.77. The van der Waals surface area contributed by atoms with Gasteiger partial charge in [-0.25, -0.2) is 0 Å². The fourth-order valence-corrected chi connectivity index (χ4v) is 7.58. The number of carbonyl (C=O) groups excluding carboxylic acids is 4. The van der Waals surface area contributed by atoms with E-state index in [1.807, 2.05) is 0 Å². The van der Waals surface area contributed by atoms with Gasteiger partial charge in [0.1, 0.15) is 28.6 Å². The first-order valence-corrected chi connectivity index (χ1v) is 15.3. The van der Waals surface area contributed by atoms with Gasteiger partial charge in [0.05, 0.1) is 11.6 Å². The van der Waals surface area contributed by atoms with Crippen LogP contribution in [0.4, 0.5) is 5.69 Å². The minimum absolute atomic E-state index is 0.00446. The summed E-state index contributed by atoms with van der Waals surface area (Å²) in [6.07, 6.45) is 0.499. The van der Waals surface area contributed by atoms with Crippen molar-refractivity contribution in [1.29, 1.82) is 0 Å². The van der Waals surface area contributed by atoms with Crippen molar-refractivity contribution in [3.8, 4) is 17.2 Å². The lowest BCUT2D eigenvalue weighted by Crippen LogP contribution is -2.65. The van der Waals surface area contributed by atoms with Crippen molar-refractivity contribution < 1.29 is 49.1 Å². The molecule has 4 aliphatic rings. The predicted molar refractivity (Wildman–Crippen MR) is 168 cm³/mol. The number of amides is 1. The van der Waals surface area contributed by atoms with Gasteiger partial charge in [0, 0.05) is 44.1 Å². The maximum atomic E-state index is 14.2. The summed E-state index contributed by atoms with van der Waals surface area (Å²) in [5, 5.41) is 46.1. The van der Waals surface area contributed by atoms with Crippen molar-refractivity contribution >= 4 is 34.7 Å². The lowest BCUT2D eigenvalue weighted by molar-refractivity contribution is -0.153. The number of nitrogens with two attached hydrogens (primary N) is 1. The standard InChI is InChI=1S/C34H37N3O10/c1-36(2)21-13-16(6-7-18(38)9-15-5-8-22-23(10-15)47-14-46-22)28(39)25-19(21)11-17-12-20-27(37(3)4)30(41)26(33(35)44)32(43)34(20,45)31(42)24(17)29(25)40/h5,8,10,13,17,20,27,39-40,43,45H,6-7,9,11-12,14H2,1-4H3,(H2,35,44)/t17-,20-,27-,34-/m0/s1. The first-order chi connectivity index (χ1) is 22.2. The molecule has 2 aromatic rings. The number of hydrogen-bond acceptors (Lipinski definition) is 12. The number of aliphatic hydroxyl groups excluding tert-OH is 2. The van der Waals surface area contributed by atoms with E-state index in [4.69, 9.17) is 15.2 Å². The maximum absolute atomic E-state index is 14.2. The van der Waals surface area contributed by atoms with Gasteiger partial charge in [-0.05, 0) is 74.2 Å². The fraction of sp³-hybridized carbons (Fsp3) is 0.412. The zero-order valence-corrected chi connectivity index (χ0v) is 26.5. The quantitative estimate of drug-likeness (QED) is 0.259. The van der Waals surface area contributed by atoms with E-state index in [0.29, 0.717) is 28.3 Å². The number of ketones is 3. The number of benzene rings is 2. The highest BCUT2D eigenvalue weighted by Gasteiger charge is 2.64. The molecule has 4 atom stereocenters. The van der Waals surface area contributed by atoms with E-state index in [2.05, 4.69) is 0 Å². The number of phenols is 1. The number of nitrogens with zero attached hydrogens (tertiary/aromatic N) is 2. The SMILES string of the molecule is CN(C)c1cc(CCC(=O)Cc2ccc3c(c2)OCO3)c(O)c2c1C[C@H]1C[C@H]3[C@H](N(C)C)C(=O)C(C(N)=O)=C(O)[C@@]3(O)C(=O)C1=C2O. The zero-order chi connectivity index (χ0) is 34.1. The molecule has 6 N–H and O–H groups in total. The Morgan fingerprint density at radius 2 is 1.74 bits per heavy atom. The highest BCUT2D eigenvalue weighted by atomic mass is 16.7. The van der Waals surface area contributed by atoms with Crippen LogP contribution in [0.3, 0.4) is 0 Å². The summed E-state index contributed by atoms with van der Waals surface area (Å²) >= 11 is 0. The van der Waals surface area contributed by atoms with Gasteiger partial charge in [-0.15, -0.1) is 0 Å². The molecular formula is C34H37N3O10. The van der Waals surface area contributed by atoms with E-state index in [1.54, 1.807) is 57.4 Å². The summed E-state index contributed by atoms with van der Waals surface area (Å²) < 4.78 is 10.7. The molecule has 1 saturated carbocycles. The number of aliphatic hydroxyl groups is 3. The minimum Gasteiger partial charge on any atom is -0.508 e. The van der Waals surface area contributed by atoms with Crippen LogP contribution in [-0.2, 0) is 38.4 Å². The highest BCUT2D eigenvalue weighted by molar-refractivity contribution is 6.24. The molecule has 1 fully saturated rings. The lowest BCUT2D eigenvalue weighted by Gasteiger charge is -2.50. The zero-order valence-electron chi connectivity index (χ0n) is 26.5. The molecule has 1 amide bonds. The maximum Gasteiger partial charge on any atom is 0.255 e. The van der Waals surface area contributed by atoms with Crippen molar-refractivity contribution in [2.75, 3.05) is 39.9 Å². The first kappa shape index (κ1) is 32.1. The summed E-state index contributed by atoms with van der Waals surface area (Å²) in [7, 11) is 6.69. The second-order valence-corrected chi connectivity index (χ2v) is 13.0. The molecule has 0 saturated heterocycles. The van der Waals surface area contributed by atoms with Gasteiger partial charge in [0.25, 0.3) is 5.91 Å². The highest BCUT2D eigenvalue weighted by Crippen LogP contribution is 2.54. The summed E-state index contributed by atoms with van der Waals surface area (Å²) in [5.74, 6) is -5.96. The fourth-order valence-electron chi connectivity index (χ4n) is 7.58. The van der Waals surface area contributed by atoms with E-state index < -0.39 is 58.0 Å². The number of rotatable bonds is 8. The summed E-state index contributed by atoms with van der Waals surface area (Å²) in [4.78, 5) is 56.0. The van der Waals surface area contributed by atoms with Gasteiger partial charge in [-0.3, -0.25) is 24.1 Å². The lowest BCUT2D eigenvalue weighted by atomic mass is 9.57. The normalized spacial score (nSPS) is 24.7.